The number of nitriles is 1. The van der Waals surface area contributed by atoms with Crippen LogP contribution in [0.15, 0.2) is 30.3 Å². The summed E-state index contributed by atoms with van der Waals surface area (Å²) in [5.41, 5.74) is 6.84. The van der Waals surface area contributed by atoms with Gasteiger partial charge in [0.2, 0.25) is 5.91 Å². The van der Waals surface area contributed by atoms with Crippen molar-refractivity contribution >= 4 is 5.91 Å². The van der Waals surface area contributed by atoms with Crippen LogP contribution in [0.2, 0.25) is 0 Å². The van der Waals surface area contributed by atoms with E-state index in [1.54, 1.807) is 0 Å². The van der Waals surface area contributed by atoms with Gasteiger partial charge in [0.15, 0.2) is 0 Å². The summed E-state index contributed by atoms with van der Waals surface area (Å²) in [5.74, 6) is -0.107. The van der Waals surface area contributed by atoms with E-state index in [4.69, 9.17) is 11.0 Å². The summed E-state index contributed by atoms with van der Waals surface area (Å²) < 4.78 is 0. The van der Waals surface area contributed by atoms with Crippen molar-refractivity contribution in [2.45, 2.75) is 26.4 Å². The van der Waals surface area contributed by atoms with E-state index in [1.165, 1.54) is 4.90 Å². The number of nitrogens with zero attached hydrogens (tertiary/aromatic N) is 2. The first-order chi connectivity index (χ1) is 8.56. The molecular weight excluding hydrogens is 226 g/mol. The maximum Gasteiger partial charge on any atom is 0.240 e. The molecule has 1 rings (SSSR count). The molecule has 0 spiro atoms. The number of hydrogen-bond donors (Lipinski definition) is 1. The van der Waals surface area contributed by atoms with Crippen molar-refractivity contribution in [3.05, 3.63) is 35.9 Å². The van der Waals surface area contributed by atoms with Gasteiger partial charge in [0.25, 0.3) is 0 Å². The third-order valence-electron chi connectivity index (χ3n) is 2.79. The van der Waals surface area contributed by atoms with E-state index in [0.717, 1.165) is 5.56 Å². The van der Waals surface area contributed by atoms with Crippen LogP contribution in [0.4, 0.5) is 0 Å². The van der Waals surface area contributed by atoms with Crippen LogP contribution in [-0.4, -0.2) is 23.4 Å². The Morgan fingerprint density at radius 2 is 2.00 bits per heavy atom. The van der Waals surface area contributed by atoms with Crippen LogP contribution in [-0.2, 0) is 11.3 Å². The second-order valence-electron chi connectivity index (χ2n) is 4.61. The lowest BCUT2D eigenvalue weighted by atomic mass is 10.0. The van der Waals surface area contributed by atoms with Gasteiger partial charge in [0.05, 0.1) is 12.1 Å². The fourth-order valence-electron chi connectivity index (χ4n) is 1.60. The highest BCUT2D eigenvalue weighted by Gasteiger charge is 2.23. The quantitative estimate of drug-likeness (QED) is 0.800. The Balaban J connectivity index is 2.77. The van der Waals surface area contributed by atoms with Gasteiger partial charge in [-0.25, -0.2) is 0 Å². The highest BCUT2D eigenvalue weighted by atomic mass is 16.2. The molecule has 0 unspecified atom stereocenters. The molecule has 0 aliphatic carbocycles. The van der Waals surface area contributed by atoms with Crippen LogP contribution >= 0.6 is 0 Å². The smallest absolute Gasteiger partial charge is 0.240 e. The van der Waals surface area contributed by atoms with Gasteiger partial charge in [-0.05, 0) is 11.5 Å². The molecule has 0 aliphatic heterocycles. The predicted molar refractivity (Wildman–Crippen MR) is 70.3 cm³/mol. The number of carbonyl (C=O) groups is 1. The molecule has 0 bridgehead atoms. The molecule has 1 amide bonds. The second-order valence-corrected chi connectivity index (χ2v) is 4.61. The van der Waals surface area contributed by atoms with Crippen molar-refractivity contribution in [3.8, 4) is 6.07 Å². The molecule has 18 heavy (non-hydrogen) atoms. The number of carbonyl (C=O) groups excluding carboxylic acids is 1. The molecule has 4 nitrogen and oxygen atoms in total. The standard InChI is InChI=1S/C14H19N3O/c1-11(2)13(16)14(18)17(9-8-15)10-12-6-4-3-5-7-12/h3-7,11,13H,9-10,16H2,1-2H3/t13-/m1/s1. The third-order valence-corrected chi connectivity index (χ3v) is 2.79. The fraction of sp³-hybridized carbons (Fsp3) is 0.429. The van der Waals surface area contributed by atoms with Crippen LogP contribution in [0.3, 0.4) is 0 Å². The molecule has 0 fully saturated rings. The normalized spacial score (nSPS) is 11.9. The summed E-state index contributed by atoms with van der Waals surface area (Å²) in [5, 5.41) is 8.80. The first kappa shape index (κ1) is 14.2. The van der Waals surface area contributed by atoms with E-state index in [-0.39, 0.29) is 18.4 Å². The van der Waals surface area contributed by atoms with Crippen molar-refractivity contribution in [2.75, 3.05) is 6.54 Å². The first-order valence-corrected chi connectivity index (χ1v) is 6.01. The summed E-state index contributed by atoms with van der Waals surface area (Å²) in [4.78, 5) is 13.6. The molecule has 96 valence electrons. The Kier molecular flexibility index (Phi) is 5.34. The van der Waals surface area contributed by atoms with Crippen LogP contribution in [0, 0.1) is 17.2 Å². The molecule has 1 aromatic rings. The minimum atomic E-state index is -0.554. The zero-order chi connectivity index (χ0) is 13.5. The fourth-order valence-corrected chi connectivity index (χ4v) is 1.60. The van der Waals surface area contributed by atoms with Gasteiger partial charge in [-0.1, -0.05) is 44.2 Å². The van der Waals surface area contributed by atoms with E-state index < -0.39 is 6.04 Å². The van der Waals surface area contributed by atoms with E-state index >= 15 is 0 Å². The molecule has 0 aromatic heterocycles. The Morgan fingerprint density at radius 3 is 2.50 bits per heavy atom. The molecule has 1 aromatic carbocycles. The second kappa shape index (κ2) is 6.77. The summed E-state index contributed by atoms with van der Waals surface area (Å²) in [7, 11) is 0. The lowest BCUT2D eigenvalue weighted by Gasteiger charge is -2.25. The van der Waals surface area contributed by atoms with Gasteiger partial charge in [-0.2, -0.15) is 5.26 Å². The average molecular weight is 245 g/mol. The Hall–Kier alpha value is -1.86. The maximum absolute atomic E-state index is 12.1. The first-order valence-electron chi connectivity index (χ1n) is 6.01. The third kappa shape index (κ3) is 3.86. The van der Waals surface area contributed by atoms with Gasteiger partial charge >= 0.3 is 0 Å². The molecule has 4 heteroatoms. The number of benzene rings is 1. The monoisotopic (exact) mass is 245 g/mol. The van der Waals surface area contributed by atoms with Gasteiger partial charge in [-0.3, -0.25) is 4.79 Å². The van der Waals surface area contributed by atoms with Gasteiger partial charge in [0.1, 0.15) is 6.54 Å². The van der Waals surface area contributed by atoms with Crippen LogP contribution in [0.1, 0.15) is 19.4 Å². The summed E-state index contributed by atoms with van der Waals surface area (Å²) >= 11 is 0. The topological polar surface area (TPSA) is 70.1 Å². The van der Waals surface area contributed by atoms with Gasteiger partial charge in [0, 0.05) is 6.54 Å². The molecule has 0 aliphatic rings. The minimum absolute atomic E-state index is 0.0636. The molecule has 0 saturated heterocycles. The molecular formula is C14H19N3O. The zero-order valence-corrected chi connectivity index (χ0v) is 10.8. The molecule has 0 heterocycles. The summed E-state index contributed by atoms with van der Waals surface area (Å²) in [6.07, 6.45) is 0. The number of amides is 1. The van der Waals surface area contributed by atoms with E-state index in [0.29, 0.717) is 6.54 Å². The van der Waals surface area contributed by atoms with Crippen molar-refractivity contribution in [3.63, 3.8) is 0 Å². The van der Waals surface area contributed by atoms with Crippen molar-refractivity contribution in [2.24, 2.45) is 11.7 Å². The molecule has 0 saturated carbocycles. The summed E-state index contributed by atoms with van der Waals surface area (Å²) in [6, 6.07) is 11.1. The molecule has 1 atom stereocenters. The van der Waals surface area contributed by atoms with Crippen molar-refractivity contribution in [1.29, 1.82) is 5.26 Å². The highest BCUT2D eigenvalue weighted by molar-refractivity contribution is 5.82. The van der Waals surface area contributed by atoms with Gasteiger partial charge in [-0.15, -0.1) is 0 Å². The van der Waals surface area contributed by atoms with Crippen LogP contribution < -0.4 is 5.73 Å². The number of rotatable bonds is 5. The molecule has 2 N–H and O–H groups in total. The van der Waals surface area contributed by atoms with E-state index in [1.807, 2.05) is 50.2 Å². The Bertz CT molecular complexity index is 422. The lowest BCUT2D eigenvalue weighted by molar-refractivity contribution is -0.133. The average Bonchev–Trinajstić information content (AvgIpc) is 2.37. The maximum atomic E-state index is 12.1. The number of nitrogens with two attached hydrogens (primary N) is 1. The minimum Gasteiger partial charge on any atom is -0.324 e. The van der Waals surface area contributed by atoms with Crippen LogP contribution in [0.25, 0.3) is 0 Å². The highest BCUT2D eigenvalue weighted by Crippen LogP contribution is 2.08. The summed E-state index contributed by atoms with van der Waals surface area (Å²) in [6.45, 7) is 4.28. The van der Waals surface area contributed by atoms with Crippen LogP contribution in [0.5, 0.6) is 0 Å². The van der Waals surface area contributed by atoms with E-state index in [9.17, 15) is 4.79 Å². The van der Waals surface area contributed by atoms with Crippen molar-refractivity contribution < 1.29 is 4.79 Å². The SMILES string of the molecule is CC(C)[C@@H](N)C(=O)N(CC#N)Cc1ccccc1. The Morgan fingerprint density at radius 1 is 1.39 bits per heavy atom. The van der Waals surface area contributed by atoms with Gasteiger partial charge < -0.3 is 10.6 Å². The molecule has 0 radical (unpaired) electrons. The zero-order valence-electron chi connectivity index (χ0n) is 10.8. The largest absolute Gasteiger partial charge is 0.324 e. The van der Waals surface area contributed by atoms with E-state index in [2.05, 4.69) is 0 Å². The lowest BCUT2D eigenvalue weighted by Crippen LogP contribution is -2.46. The predicted octanol–water partition coefficient (Wildman–Crippen LogP) is 1.52. The Labute approximate surface area is 108 Å². The van der Waals surface area contributed by atoms with Crippen molar-refractivity contribution in [1.82, 2.24) is 4.90 Å². The number of hydrogen-bond acceptors (Lipinski definition) is 3.